The van der Waals surface area contributed by atoms with E-state index in [4.69, 9.17) is 0 Å². The molecule has 2 heterocycles. The lowest BCUT2D eigenvalue weighted by molar-refractivity contribution is -0.123. The van der Waals surface area contributed by atoms with Crippen molar-refractivity contribution in [2.75, 3.05) is 4.90 Å². The predicted octanol–water partition coefficient (Wildman–Crippen LogP) is 4.33. The molecule has 2 saturated heterocycles. The number of anilines is 1. The Balaban J connectivity index is 1.62. The standard InChI is InChI=1S/C18H16BrNOS/c1-11-7-9-13(10-8-11)20-15-14(19)16(22-17(15)18(20)21)12-5-3-2-4-6-12/h2-10,14-17H,1H3/t14-,15-,16-,17+/m1/s1. The van der Waals surface area contributed by atoms with E-state index in [-0.39, 0.29) is 22.0 Å². The van der Waals surface area contributed by atoms with Gasteiger partial charge in [-0.15, -0.1) is 11.8 Å². The van der Waals surface area contributed by atoms with Gasteiger partial charge in [0.25, 0.3) is 0 Å². The number of carbonyl (C=O) groups excluding carboxylic acids is 1. The summed E-state index contributed by atoms with van der Waals surface area (Å²) in [7, 11) is 0. The first-order valence-electron chi connectivity index (χ1n) is 7.41. The van der Waals surface area contributed by atoms with Gasteiger partial charge in [0, 0.05) is 10.9 Å². The molecule has 0 spiro atoms. The second-order valence-corrected chi connectivity index (χ2v) is 8.21. The van der Waals surface area contributed by atoms with Gasteiger partial charge in [0.2, 0.25) is 5.91 Å². The summed E-state index contributed by atoms with van der Waals surface area (Å²) in [6.45, 7) is 2.06. The van der Waals surface area contributed by atoms with E-state index in [2.05, 4.69) is 59.3 Å². The zero-order valence-electron chi connectivity index (χ0n) is 12.1. The van der Waals surface area contributed by atoms with Gasteiger partial charge >= 0.3 is 0 Å². The topological polar surface area (TPSA) is 20.3 Å². The van der Waals surface area contributed by atoms with Crippen molar-refractivity contribution in [3.8, 4) is 0 Å². The highest BCUT2D eigenvalue weighted by atomic mass is 79.9. The zero-order chi connectivity index (χ0) is 15.3. The number of carbonyl (C=O) groups is 1. The van der Waals surface area contributed by atoms with E-state index in [0.29, 0.717) is 5.25 Å². The molecule has 0 bridgehead atoms. The third-order valence-electron chi connectivity index (χ3n) is 4.44. The number of fused-ring (bicyclic) bond motifs is 1. The molecule has 4 atom stereocenters. The van der Waals surface area contributed by atoms with E-state index in [9.17, 15) is 4.79 Å². The van der Waals surface area contributed by atoms with Crippen LogP contribution in [0.3, 0.4) is 0 Å². The van der Waals surface area contributed by atoms with E-state index >= 15 is 0 Å². The number of halogens is 1. The van der Waals surface area contributed by atoms with Crippen LogP contribution in [-0.2, 0) is 4.79 Å². The summed E-state index contributed by atoms with van der Waals surface area (Å²) >= 11 is 5.66. The third-order valence-corrected chi connectivity index (χ3v) is 7.49. The summed E-state index contributed by atoms with van der Waals surface area (Å²) in [5.41, 5.74) is 3.52. The fourth-order valence-corrected chi connectivity index (χ4v) is 6.30. The molecule has 2 aliphatic heterocycles. The quantitative estimate of drug-likeness (QED) is 0.576. The van der Waals surface area contributed by atoms with Crippen LogP contribution in [-0.4, -0.2) is 22.0 Å². The van der Waals surface area contributed by atoms with Gasteiger partial charge < -0.3 is 4.90 Å². The monoisotopic (exact) mass is 373 g/mol. The highest BCUT2D eigenvalue weighted by Gasteiger charge is 2.59. The number of aryl methyl sites for hydroxylation is 1. The molecule has 0 unspecified atom stereocenters. The minimum Gasteiger partial charge on any atom is -0.305 e. The Kier molecular flexibility index (Phi) is 3.54. The summed E-state index contributed by atoms with van der Waals surface area (Å²) in [5, 5.41) is 0.409. The predicted molar refractivity (Wildman–Crippen MR) is 95.7 cm³/mol. The van der Waals surface area contributed by atoms with Crippen molar-refractivity contribution in [2.24, 2.45) is 0 Å². The summed E-state index contributed by atoms with van der Waals surface area (Å²) in [6, 6.07) is 18.9. The second-order valence-electron chi connectivity index (χ2n) is 5.87. The van der Waals surface area contributed by atoms with Gasteiger partial charge in [-0.1, -0.05) is 64.0 Å². The number of amides is 1. The van der Waals surface area contributed by atoms with E-state index < -0.39 is 0 Å². The molecule has 4 rings (SSSR count). The van der Waals surface area contributed by atoms with Gasteiger partial charge in [-0.25, -0.2) is 0 Å². The molecule has 2 aromatic rings. The maximum absolute atomic E-state index is 12.5. The lowest BCUT2D eigenvalue weighted by Gasteiger charge is -2.44. The van der Waals surface area contributed by atoms with Crippen molar-refractivity contribution < 1.29 is 4.79 Å². The van der Waals surface area contributed by atoms with Crippen LogP contribution in [0.1, 0.15) is 16.4 Å². The van der Waals surface area contributed by atoms with Gasteiger partial charge in [-0.2, -0.15) is 0 Å². The molecule has 0 saturated carbocycles. The Bertz CT molecular complexity index is 703. The summed E-state index contributed by atoms with van der Waals surface area (Å²) < 4.78 is 0. The molecule has 2 fully saturated rings. The zero-order valence-corrected chi connectivity index (χ0v) is 14.5. The molecule has 112 valence electrons. The Morgan fingerprint density at radius 3 is 2.36 bits per heavy atom. The third kappa shape index (κ3) is 2.12. The van der Waals surface area contributed by atoms with Crippen LogP contribution in [0.2, 0.25) is 0 Å². The molecule has 2 aliphatic rings. The first kappa shape index (κ1) is 14.3. The minimum absolute atomic E-state index is 0.0795. The summed E-state index contributed by atoms with van der Waals surface area (Å²) in [5.74, 6) is 0.238. The van der Waals surface area contributed by atoms with Crippen LogP contribution in [0, 0.1) is 6.92 Å². The first-order valence-corrected chi connectivity index (χ1v) is 9.27. The molecular weight excluding hydrogens is 358 g/mol. The maximum atomic E-state index is 12.5. The normalized spacial score (nSPS) is 30.1. The number of thioether (sulfide) groups is 1. The van der Waals surface area contributed by atoms with Crippen molar-refractivity contribution in [1.82, 2.24) is 0 Å². The van der Waals surface area contributed by atoms with Crippen LogP contribution in [0.4, 0.5) is 5.69 Å². The molecule has 2 nitrogen and oxygen atoms in total. The van der Waals surface area contributed by atoms with E-state index in [1.807, 2.05) is 23.1 Å². The van der Waals surface area contributed by atoms with Crippen LogP contribution >= 0.6 is 27.7 Å². The summed E-state index contributed by atoms with van der Waals surface area (Å²) in [6.07, 6.45) is 0. The molecule has 22 heavy (non-hydrogen) atoms. The van der Waals surface area contributed by atoms with E-state index in [1.165, 1.54) is 11.1 Å². The van der Waals surface area contributed by atoms with Gasteiger partial charge in [0.15, 0.2) is 0 Å². The fraction of sp³-hybridized carbons (Fsp3) is 0.278. The smallest absolute Gasteiger partial charge is 0.242 e. The van der Waals surface area contributed by atoms with Crippen molar-refractivity contribution in [2.45, 2.75) is 28.3 Å². The first-order chi connectivity index (χ1) is 10.7. The molecule has 1 amide bonds. The van der Waals surface area contributed by atoms with Gasteiger partial charge in [-0.3, -0.25) is 4.79 Å². The van der Waals surface area contributed by atoms with Crippen LogP contribution in [0.15, 0.2) is 54.6 Å². The minimum atomic E-state index is 0.0795. The number of alkyl halides is 1. The van der Waals surface area contributed by atoms with E-state index in [1.54, 1.807) is 11.8 Å². The number of hydrogen-bond acceptors (Lipinski definition) is 2. The number of benzene rings is 2. The largest absolute Gasteiger partial charge is 0.305 e. The molecular formula is C18H16BrNOS. The maximum Gasteiger partial charge on any atom is 0.242 e. The lowest BCUT2D eigenvalue weighted by Crippen LogP contribution is -2.64. The van der Waals surface area contributed by atoms with Crippen LogP contribution < -0.4 is 4.90 Å². The average molecular weight is 374 g/mol. The van der Waals surface area contributed by atoms with Crippen molar-refractivity contribution in [3.05, 3.63) is 65.7 Å². The number of hydrogen-bond donors (Lipinski definition) is 0. The molecule has 0 N–H and O–H groups in total. The number of β-lactam (4-membered cyclic amide) rings is 1. The molecule has 0 aromatic heterocycles. The Morgan fingerprint density at radius 1 is 1.00 bits per heavy atom. The van der Waals surface area contributed by atoms with Crippen molar-refractivity contribution >= 4 is 39.3 Å². The average Bonchev–Trinajstić information content (AvgIpc) is 2.84. The van der Waals surface area contributed by atoms with Crippen LogP contribution in [0.25, 0.3) is 0 Å². The van der Waals surface area contributed by atoms with Gasteiger partial charge in [0.05, 0.1) is 10.9 Å². The van der Waals surface area contributed by atoms with Crippen molar-refractivity contribution in [3.63, 3.8) is 0 Å². The molecule has 4 heteroatoms. The Hall–Kier alpha value is -1.26. The van der Waals surface area contributed by atoms with Crippen molar-refractivity contribution in [1.29, 1.82) is 0 Å². The molecule has 0 aliphatic carbocycles. The number of nitrogens with zero attached hydrogens (tertiary/aromatic N) is 1. The van der Waals surface area contributed by atoms with Gasteiger partial charge in [-0.05, 0) is 24.6 Å². The van der Waals surface area contributed by atoms with E-state index in [0.717, 1.165) is 5.69 Å². The lowest BCUT2D eigenvalue weighted by atomic mass is 9.93. The summed E-state index contributed by atoms with van der Waals surface area (Å²) in [4.78, 5) is 14.8. The Labute approximate surface area is 143 Å². The number of rotatable bonds is 2. The second kappa shape index (κ2) is 5.43. The molecule has 2 aromatic carbocycles. The fourth-order valence-electron chi connectivity index (χ4n) is 3.25. The highest BCUT2D eigenvalue weighted by molar-refractivity contribution is 9.09. The highest BCUT2D eigenvalue weighted by Crippen LogP contribution is 2.55. The van der Waals surface area contributed by atoms with Gasteiger partial charge in [0.1, 0.15) is 5.25 Å². The molecule has 0 radical (unpaired) electrons. The van der Waals surface area contributed by atoms with Crippen LogP contribution in [0.5, 0.6) is 0 Å². The Morgan fingerprint density at radius 2 is 1.68 bits per heavy atom. The SMILES string of the molecule is Cc1ccc(N2C(=O)[C@H]3S[C@H](c4ccccc4)[C@H](Br)[C@H]32)cc1.